The highest BCUT2D eigenvalue weighted by Crippen LogP contribution is 2.15. The van der Waals surface area contributed by atoms with Crippen LogP contribution in [-0.4, -0.2) is 60.6 Å². The number of hydrogen-bond donors (Lipinski definition) is 1. The summed E-state index contributed by atoms with van der Waals surface area (Å²) < 4.78 is 12.3. The van der Waals surface area contributed by atoms with Crippen LogP contribution in [0.15, 0.2) is 65.7 Å². The number of nitrogens with zero attached hydrogens (tertiary/aromatic N) is 3. The monoisotopic (exact) mass is 384 g/mol. The molecule has 3 rings (SSSR count). The Balaban J connectivity index is 1.41. The molecule has 2 aromatic rings. The molecule has 0 radical (unpaired) electrons. The first kappa shape index (κ1) is 19.4. The summed E-state index contributed by atoms with van der Waals surface area (Å²) in [5.41, 5.74) is 2.40. The van der Waals surface area contributed by atoms with Crippen LogP contribution < -0.4 is 10.2 Å². The normalized spacial score (nSPS) is 16.3. The van der Waals surface area contributed by atoms with E-state index < -0.39 is 10.8 Å². The third kappa shape index (κ3) is 5.82. The summed E-state index contributed by atoms with van der Waals surface area (Å²) in [7, 11) is 0.943. The Kier molecular flexibility index (Phi) is 7.27. The van der Waals surface area contributed by atoms with E-state index in [9.17, 15) is 4.21 Å². The molecule has 0 bridgehead atoms. The van der Waals surface area contributed by atoms with Gasteiger partial charge in [-0.2, -0.15) is 0 Å². The average molecular weight is 385 g/mol. The second kappa shape index (κ2) is 10.1. The molecule has 1 aliphatic heterocycles. The zero-order valence-corrected chi connectivity index (χ0v) is 16.7. The van der Waals surface area contributed by atoms with E-state index in [2.05, 4.69) is 44.4 Å². The molecule has 2 aromatic carbocycles. The molecule has 0 aliphatic carbocycles. The second-order valence-electron chi connectivity index (χ2n) is 6.56. The third-order valence-electron chi connectivity index (χ3n) is 4.70. The molecule has 6 heteroatoms. The number of guanidine groups is 1. The van der Waals surface area contributed by atoms with Crippen LogP contribution in [0.25, 0.3) is 0 Å². The molecule has 1 atom stereocenters. The smallest absolute Gasteiger partial charge is 0.193 e. The van der Waals surface area contributed by atoms with Gasteiger partial charge in [0.25, 0.3) is 0 Å². The minimum atomic E-state index is -0.869. The fourth-order valence-electron chi connectivity index (χ4n) is 3.26. The molecule has 1 heterocycles. The first-order chi connectivity index (χ1) is 13.3. The predicted molar refractivity (Wildman–Crippen MR) is 115 cm³/mol. The van der Waals surface area contributed by atoms with Gasteiger partial charge in [-0.15, -0.1) is 0 Å². The van der Waals surface area contributed by atoms with E-state index in [-0.39, 0.29) is 0 Å². The van der Waals surface area contributed by atoms with Crippen LogP contribution in [0.2, 0.25) is 0 Å². The maximum absolute atomic E-state index is 12.3. The molecule has 1 fully saturated rings. The van der Waals surface area contributed by atoms with Crippen LogP contribution in [0.5, 0.6) is 0 Å². The Labute approximate surface area is 164 Å². The molecular formula is C21H28N4OS. The van der Waals surface area contributed by atoms with Gasteiger partial charge in [-0.25, -0.2) is 0 Å². The van der Waals surface area contributed by atoms with Crippen molar-refractivity contribution < 1.29 is 4.21 Å². The molecule has 1 N–H and O–H groups in total. The topological polar surface area (TPSA) is 47.9 Å². The van der Waals surface area contributed by atoms with Gasteiger partial charge in [0, 0.05) is 67.8 Å². The van der Waals surface area contributed by atoms with Crippen molar-refractivity contribution in [3.63, 3.8) is 0 Å². The van der Waals surface area contributed by atoms with Crippen molar-refractivity contribution in [3.8, 4) is 0 Å². The first-order valence-electron chi connectivity index (χ1n) is 9.41. The average Bonchev–Trinajstić information content (AvgIpc) is 2.73. The van der Waals surface area contributed by atoms with Crippen LogP contribution in [-0.2, 0) is 16.6 Å². The maximum Gasteiger partial charge on any atom is 0.193 e. The van der Waals surface area contributed by atoms with E-state index in [1.54, 1.807) is 0 Å². The number of para-hydroxylation sites is 1. The van der Waals surface area contributed by atoms with E-state index in [1.807, 2.05) is 43.4 Å². The van der Waals surface area contributed by atoms with E-state index in [4.69, 9.17) is 0 Å². The van der Waals surface area contributed by atoms with Crippen LogP contribution in [0.1, 0.15) is 5.56 Å². The van der Waals surface area contributed by atoms with Gasteiger partial charge in [0.05, 0.1) is 0 Å². The van der Waals surface area contributed by atoms with E-state index >= 15 is 0 Å². The summed E-state index contributed by atoms with van der Waals surface area (Å²) in [6, 6.07) is 20.5. The molecule has 0 saturated carbocycles. The first-order valence-corrected chi connectivity index (χ1v) is 10.9. The van der Waals surface area contributed by atoms with Gasteiger partial charge in [-0.1, -0.05) is 48.5 Å². The second-order valence-corrected chi connectivity index (χ2v) is 8.13. The van der Waals surface area contributed by atoms with Crippen LogP contribution >= 0.6 is 0 Å². The molecule has 1 aliphatic rings. The van der Waals surface area contributed by atoms with Crippen molar-refractivity contribution >= 4 is 22.4 Å². The fourth-order valence-corrected chi connectivity index (χ4v) is 4.29. The molecule has 0 aromatic heterocycles. The zero-order valence-electron chi connectivity index (χ0n) is 15.9. The van der Waals surface area contributed by atoms with Gasteiger partial charge in [0.1, 0.15) is 0 Å². The SMILES string of the molecule is CN=C(NCCS(=O)Cc1ccccc1)N1CCN(c2ccccc2)CC1. The van der Waals surface area contributed by atoms with E-state index in [0.29, 0.717) is 18.1 Å². The highest BCUT2D eigenvalue weighted by Gasteiger charge is 2.19. The molecule has 0 amide bonds. The van der Waals surface area contributed by atoms with Crippen molar-refractivity contribution in [2.24, 2.45) is 4.99 Å². The number of aliphatic imine (C=N–C) groups is 1. The van der Waals surface area contributed by atoms with Gasteiger partial charge >= 0.3 is 0 Å². The number of hydrogen-bond acceptors (Lipinski definition) is 3. The van der Waals surface area contributed by atoms with Crippen LogP contribution in [0.4, 0.5) is 5.69 Å². The molecule has 144 valence electrons. The summed E-state index contributed by atoms with van der Waals surface area (Å²) in [6.07, 6.45) is 0. The summed E-state index contributed by atoms with van der Waals surface area (Å²) in [5.74, 6) is 2.13. The Bertz CT molecular complexity index is 743. The zero-order chi connectivity index (χ0) is 18.9. The van der Waals surface area contributed by atoms with Crippen molar-refractivity contribution in [2.45, 2.75) is 5.75 Å². The number of nitrogens with one attached hydrogen (secondary N) is 1. The van der Waals surface area contributed by atoms with Crippen LogP contribution in [0.3, 0.4) is 0 Å². The number of anilines is 1. The third-order valence-corrected chi connectivity index (χ3v) is 6.01. The molecule has 5 nitrogen and oxygen atoms in total. The molecular weight excluding hydrogens is 356 g/mol. The quantitative estimate of drug-likeness (QED) is 0.613. The van der Waals surface area contributed by atoms with Gasteiger partial charge < -0.3 is 15.1 Å². The Morgan fingerprint density at radius 3 is 2.26 bits per heavy atom. The van der Waals surface area contributed by atoms with Crippen molar-refractivity contribution in [1.82, 2.24) is 10.2 Å². The summed E-state index contributed by atoms with van der Waals surface area (Å²) in [4.78, 5) is 9.08. The molecule has 0 spiro atoms. The number of rotatable bonds is 6. The van der Waals surface area contributed by atoms with Gasteiger partial charge in [-0.05, 0) is 17.7 Å². The maximum atomic E-state index is 12.3. The fraction of sp³-hybridized carbons (Fsp3) is 0.381. The summed E-state index contributed by atoms with van der Waals surface area (Å²) >= 11 is 0. The van der Waals surface area contributed by atoms with Crippen molar-refractivity contribution in [2.75, 3.05) is 50.4 Å². The van der Waals surface area contributed by atoms with Gasteiger partial charge in [0.2, 0.25) is 0 Å². The molecule has 1 unspecified atom stereocenters. The van der Waals surface area contributed by atoms with Crippen molar-refractivity contribution in [3.05, 3.63) is 66.2 Å². The van der Waals surface area contributed by atoms with Crippen LogP contribution in [0, 0.1) is 0 Å². The standard InChI is InChI=1S/C21H28N4OS/c1-22-21(23-12-17-27(26)18-19-8-4-2-5-9-19)25-15-13-24(14-16-25)20-10-6-3-7-11-20/h2-11H,12-18H2,1H3,(H,22,23). The minimum absolute atomic E-state index is 0.608. The lowest BCUT2D eigenvalue weighted by Gasteiger charge is -2.37. The minimum Gasteiger partial charge on any atom is -0.368 e. The highest BCUT2D eigenvalue weighted by molar-refractivity contribution is 7.84. The molecule has 1 saturated heterocycles. The highest BCUT2D eigenvalue weighted by atomic mass is 32.2. The Morgan fingerprint density at radius 1 is 1.00 bits per heavy atom. The number of benzene rings is 2. The predicted octanol–water partition coefficient (Wildman–Crippen LogP) is 2.33. The Hall–Kier alpha value is -2.34. The van der Waals surface area contributed by atoms with Crippen molar-refractivity contribution in [1.29, 1.82) is 0 Å². The summed E-state index contributed by atoms with van der Waals surface area (Å²) in [5, 5.41) is 3.37. The lowest BCUT2D eigenvalue weighted by Crippen LogP contribution is -2.53. The lowest BCUT2D eigenvalue weighted by atomic mass is 10.2. The largest absolute Gasteiger partial charge is 0.368 e. The van der Waals surface area contributed by atoms with Gasteiger partial charge in [-0.3, -0.25) is 9.20 Å². The van der Waals surface area contributed by atoms with E-state index in [1.165, 1.54) is 5.69 Å². The van der Waals surface area contributed by atoms with E-state index in [0.717, 1.165) is 37.7 Å². The summed E-state index contributed by atoms with van der Waals surface area (Å²) in [6.45, 7) is 4.49. The van der Waals surface area contributed by atoms with Gasteiger partial charge in [0.15, 0.2) is 5.96 Å². The molecule has 27 heavy (non-hydrogen) atoms. The lowest BCUT2D eigenvalue weighted by molar-refractivity contribution is 0.373. The Morgan fingerprint density at radius 2 is 1.63 bits per heavy atom. The number of piperazine rings is 1.